The van der Waals surface area contributed by atoms with Crippen LogP contribution in [0.5, 0.6) is 0 Å². The Balaban J connectivity index is 1.88. The van der Waals surface area contributed by atoms with Gasteiger partial charge in [-0.15, -0.1) is 0 Å². The van der Waals surface area contributed by atoms with Crippen LogP contribution in [-0.2, 0) is 5.54 Å². The van der Waals surface area contributed by atoms with Gasteiger partial charge in [0.25, 0.3) is 0 Å². The normalized spacial score (nSPS) is 26.2. The topological polar surface area (TPSA) is 3.01 Å². The molecule has 3 atom stereocenters. The van der Waals surface area contributed by atoms with Crippen LogP contribution in [0.2, 0.25) is 0 Å². The van der Waals surface area contributed by atoms with Gasteiger partial charge in [-0.05, 0) is 31.9 Å². The minimum atomic E-state index is 0.0845. The fourth-order valence-electron chi connectivity index (χ4n) is 3.29. The zero-order valence-electron chi connectivity index (χ0n) is 11.9. The molecule has 0 spiro atoms. The molecule has 0 saturated carbocycles. The Labute approximate surface area is 115 Å². The molecular weight excluding hydrogens is 230 g/mol. The van der Waals surface area contributed by atoms with Gasteiger partial charge in [-0.3, -0.25) is 4.90 Å². The number of rotatable bonds is 3. The lowest BCUT2D eigenvalue weighted by Gasteiger charge is -2.28. The van der Waals surface area contributed by atoms with Crippen LogP contribution in [0.3, 0.4) is 0 Å². The Morgan fingerprint density at radius 2 is 1.37 bits per heavy atom. The van der Waals surface area contributed by atoms with Crippen LogP contribution in [0.15, 0.2) is 60.7 Å². The van der Waals surface area contributed by atoms with Gasteiger partial charge in [-0.2, -0.15) is 0 Å². The fraction of sp³-hybridized carbons (Fsp3) is 0.333. The second-order valence-corrected chi connectivity index (χ2v) is 5.93. The van der Waals surface area contributed by atoms with E-state index in [1.807, 2.05) is 0 Å². The summed E-state index contributed by atoms with van der Waals surface area (Å²) in [6, 6.07) is 22.8. The molecule has 0 aliphatic carbocycles. The molecule has 1 saturated heterocycles. The van der Waals surface area contributed by atoms with Gasteiger partial charge in [0, 0.05) is 11.6 Å². The summed E-state index contributed by atoms with van der Waals surface area (Å²) in [5, 5.41) is 0. The van der Waals surface area contributed by atoms with E-state index in [4.69, 9.17) is 0 Å². The van der Waals surface area contributed by atoms with Crippen molar-refractivity contribution in [3.63, 3.8) is 0 Å². The lowest BCUT2D eigenvalue weighted by molar-refractivity contribution is 0.250. The number of hydrogen-bond acceptors (Lipinski definition) is 1. The van der Waals surface area contributed by atoms with E-state index in [0.29, 0.717) is 12.1 Å². The lowest BCUT2D eigenvalue weighted by Crippen LogP contribution is -2.28. The van der Waals surface area contributed by atoms with Crippen LogP contribution in [0.4, 0.5) is 0 Å². The van der Waals surface area contributed by atoms with Gasteiger partial charge in [0.2, 0.25) is 0 Å². The molecule has 3 rings (SSSR count). The maximum absolute atomic E-state index is 2.59. The molecule has 0 amide bonds. The van der Waals surface area contributed by atoms with Crippen molar-refractivity contribution in [1.82, 2.24) is 4.90 Å². The average molecular weight is 251 g/mol. The van der Waals surface area contributed by atoms with E-state index in [9.17, 15) is 0 Å². The molecule has 98 valence electrons. The average Bonchev–Trinajstić information content (AvgIpc) is 3.13. The molecule has 19 heavy (non-hydrogen) atoms. The Morgan fingerprint density at radius 3 is 1.95 bits per heavy atom. The summed E-state index contributed by atoms with van der Waals surface area (Å²) < 4.78 is 0. The Bertz CT molecular complexity index is 544. The van der Waals surface area contributed by atoms with Crippen LogP contribution in [-0.4, -0.2) is 10.9 Å². The smallest absolute Gasteiger partial charge is 0.0513 e. The van der Waals surface area contributed by atoms with Crippen LogP contribution < -0.4 is 0 Å². The molecule has 0 radical (unpaired) electrons. The third-order valence-corrected chi connectivity index (χ3v) is 4.37. The van der Waals surface area contributed by atoms with E-state index in [1.165, 1.54) is 11.1 Å². The van der Waals surface area contributed by atoms with Crippen molar-refractivity contribution in [2.45, 2.75) is 38.4 Å². The Morgan fingerprint density at radius 1 is 0.842 bits per heavy atom. The maximum atomic E-state index is 2.59. The first-order chi connectivity index (χ1) is 9.12. The minimum absolute atomic E-state index is 0.0845. The second-order valence-electron chi connectivity index (χ2n) is 5.93. The van der Waals surface area contributed by atoms with E-state index in [2.05, 4.69) is 86.3 Å². The SMILES string of the molecule is C[C@@H]1[C@H](c2ccccc2)N1C(C)(C)c1ccccc1. The van der Waals surface area contributed by atoms with E-state index >= 15 is 0 Å². The van der Waals surface area contributed by atoms with Crippen LogP contribution in [0, 0.1) is 0 Å². The molecule has 2 aromatic rings. The van der Waals surface area contributed by atoms with Crippen molar-refractivity contribution in [2.24, 2.45) is 0 Å². The molecule has 1 heteroatoms. The minimum Gasteiger partial charge on any atom is -0.281 e. The summed E-state index contributed by atoms with van der Waals surface area (Å²) >= 11 is 0. The molecule has 1 nitrogen and oxygen atoms in total. The molecule has 1 aliphatic rings. The third kappa shape index (κ3) is 2.08. The Kier molecular flexibility index (Phi) is 2.94. The molecule has 1 fully saturated rings. The number of hydrogen-bond donors (Lipinski definition) is 0. The Hall–Kier alpha value is -1.60. The van der Waals surface area contributed by atoms with Crippen molar-refractivity contribution in [2.75, 3.05) is 0 Å². The zero-order chi connectivity index (χ0) is 13.5. The number of nitrogens with zero attached hydrogens (tertiary/aromatic N) is 1. The summed E-state index contributed by atoms with van der Waals surface area (Å²) in [4.78, 5) is 2.59. The molecule has 0 N–H and O–H groups in total. The summed E-state index contributed by atoms with van der Waals surface area (Å²) in [7, 11) is 0. The molecule has 0 bridgehead atoms. The zero-order valence-corrected chi connectivity index (χ0v) is 11.9. The van der Waals surface area contributed by atoms with Gasteiger partial charge in [0.1, 0.15) is 0 Å². The van der Waals surface area contributed by atoms with E-state index in [1.54, 1.807) is 0 Å². The van der Waals surface area contributed by atoms with Crippen LogP contribution in [0.1, 0.15) is 37.9 Å². The quantitative estimate of drug-likeness (QED) is 0.732. The maximum Gasteiger partial charge on any atom is 0.0513 e. The highest BCUT2D eigenvalue weighted by Crippen LogP contribution is 2.51. The highest BCUT2D eigenvalue weighted by Gasteiger charge is 2.52. The van der Waals surface area contributed by atoms with Crippen LogP contribution in [0.25, 0.3) is 0 Å². The number of benzene rings is 2. The molecule has 0 aromatic heterocycles. The molecule has 2 aromatic carbocycles. The summed E-state index contributed by atoms with van der Waals surface area (Å²) in [5.74, 6) is 0. The lowest BCUT2D eigenvalue weighted by atomic mass is 9.94. The van der Waals surface area contributed by atoms with Crippen LogP contribution >= 0.6 is 0 Å². The highest BCUT2D eigenvalue weighted by atomic mass is 15.4. The van der Waals surface area contributed by atoms with Crippen molar-refractivity contribution < 1.29 is 0 Å². The van der Waals surface area contributed by atoms with Gasteiger partial charge in [0.05, 0.1) is 6.04 Å². The predicted molar refractivity (Wildman–Crippen MR) is 80.0 cm³/mol. The van der Waals surface area contributed by atoms with E-state index in [0.717, 1.165) is 0 Å². The van der Waals surface area contributed by atoms with Gasteiger partial charge in [-0.1, -0.05) is 60.7 Å². The van der Waals surface area contributed by atoms with Gasteiger partial charge < -0.3 is 0 Å². The summed E-state index contributed by atoms with van der Waals surface area (Å²) in [6.45, 7) is 6.96. The van der Waals surface area contributed by atoms with Gasteiger partial charge >= 0.3 is 0 Å². The first kappa shape index (κ1) is 12.4. The standard InChI is InChI=1S/C18H21N/c1-14-17(15-10-6-4-7-11-15)19(14)18(2,3)16-12-8-5-9-13-16/h4-14,17H,1-3H3/t14-,17-,19?/m1/s1. The highest BCUT2D eigenvalue weighted by molar-refractivity contribution is 5.32. The largest absolute Gasteiger partial charge is 0.281 e. The molecule has 1 aliphatic heterocycles. The van der Waals surface area contributed by atoms with Gasteiger partial charge in [0.15, 0.2) is 0 Å². The van der Waals surface area contributed by atoms with Gasteiger partial charge in [-0.25, -0.2) is 0 Å². The third-order valence-electron chi connectivity index (χ3n) is 4.37. The first-order valence-corrected chi connectivity index (χ1v) is 7.01. The molecular formula is C18H21N. The predicted octanol–water partition coefficient (Wildman–Crippen LogP) is 4.37. The first-order valence-electron chi connectivity index (χ1n) is 7.01. The van der Waals surface area contributed by atoms with E-state index < -0.39 is 0 Å². The summed E-state index contributed by atoms with van der Waals surface area (Å²) in [6.07, 6.45) is 0. The van der Waals surface area contributed by atoms with Crippen molar-refractivity contribution in [3.8, 4) is 0 Å². The van der Waals surface area contributed by atoms with Crippen molar-refractivity contribution >= 4 is 0 Å². The monoisotopic (exact) mass is 251 g/mol. The summed E-state index contributed by atoms with van der Waals surface area (Å²) in [5.41, 5.74) is 2.90. The fourth-order valence-corrected chi connectivity index (χ4v) is 3.29. The van der Waals surface area contributed by atoms with E-state index in [-0.39, 0.29) is 5.54 Å². The second kappa shape index (κ2) is 4.50. The van der Waals surface area contributed by atoms with Crippen molar-refractivity contribution in [3.05, 3.63) is 71.8 Å². The van der Waals surface area contributed by atoms with Crippen molar-refractivity contribution in [1.29, 1.82) is 0 Å². The molecule has 1 unspecified atom stereocenters. The molecule has 1 heterocycles.